The van der Waals surface area contributed by atoms with E-state index in [2.05, 4.69) is 27.4 Å². The van der Waals surface area contributed by atoms with Gasteiger partial charge in [0, 0.05) is 0 Å². The van der Waals surface area contributed by atoms with Crippen LogP contribution in [0.5, 0.6) is 0 Å². The Bertz CT molecular complexity index is 329. The molecule has 2 aliphatic rings. The molecule has 0 saturated heterocycles. The Morgan fingerprint density at radius 1 is 1.37 bits per heavy atom. The summed E-state index contributed by atoms with van der Waals surface area (Å²) in [5.74, 6) is 3.15. The highest BCUT2D eigenvalue weighted by Crippen LogP contribution is 2.56. The van der Waals surface area contributed by atoms with Gasteiger partial charge in [-0.3, -0.25) is 0 Å². The molecule has 0 aromatic rings. The van der Waals surface area contributed by atoms with E-state index < -0.39 is 0 Å². The number of aliphatic hydroxyl groups is 1. The fourth-order valence-electron chi connectivity index (χ4n) is 4.77. The van der Waals surface area contributed by atoms with Crippen molar-refractivity contribution in [1.82, 2.24) is 0 Å². The van der Waals surface area contributed by atoms with Crippen LogP contribution in [0, 0.1) is 29.1 Å². The monoisotopic (exact) mass is 264 g/mol. The molecule has 3 unspecified atom stereocenters. The number of aliphatic hydroxyl groups excluding tert-OH is 1. The third kappa shape index (κ3) is 3.07. The van der Waals surface area contributed by atoms with E-state index in [-0.39, 0.29) is 6.10 Å². The van der Waals surface area contributed by atoms with E-state index in [0.29, 0.717) is 11.3 Å². The Morgan fingerprint density at radius 3 is 2.68 bits per heavy atom. The number of hydrogen-bond donors (Lipinski definition) is 1. The predicted molar refractivity (Wildman–Crippen MR) is 81.9 cm³/mol. The summed E-state index contributed by atoms with van der Waals surface area (Å²) in [6.07, 6.45) is 7.20. The lowest BCUT2D eigenvalue weighted by Gasteiger charge is -2.54. The summed E-state index contributed by atoms with van der Waals surface area (Å²) in [6.45, 7) is 13.7. The lowest BCUT2D eigenvalue weighted by molar-refractivity contribution is -0.0163. The lowest BCUT2D eigenvalue weighted by atomic mass is 9.51. The first-order valence-corrected chi connectivity index (χ1v) is 8.18. The predicted octanol–water partition coefficient (Wildman–Crippen LogP) is 4.80. The minimum Gasteiger partial charge on any atom is -0.393 e. The molecule has 5 atom stereocenters. The summed E-state index contributed by atoms with van der Waals surface area (Å²) in [6, 6.07) is 0. The maximum absolute atomic E-state index is 9.60. The molecule has 0 spiro atoms. The second kappa shape index (κ2) is 5.60. The first kappa shape index (κ1) is 15.1. The SMILES string of the molecule is C=C1CCC2[C@H](C(C)CCC2(C)C)[C@@H]1CCC(C)O. The summed E-state index contributed by atoms with van der Waals surface area (Å²) in [4.78, 5) is 0. The maximum atomic E-state index is 9.60. The zero-order valence-corrected chi connectivity index (χ0v) is 13.3. The van der Waals surface area contributed by atoms with Gasteiger partial charge in [-0.1, -0.05) is 32.9 Å². The van der Waals surface area contributed by atoms with Gasteiger partial charge in [-0.2, -0.15) is 0 Å². The van der Waals surface area contributed by atoms with Crippen molar-refractivity contribution in [1.29, 1.82) is 0 Å². The molecule has 19 heavy (non-hydrogen) atoms. The van der Waals surface area contributed by atoms with Crippen LogP contribution in [0.15, 0.2) is 12.2 Å². The molecule has 1 N–H and O–H groups in total. The highest BCUT2D eigenvalue weighted by Gasteiger charge is 2.47. The van der Waals surface area contributed by atoms with Crippen LogP contribution in [0.3, 0.4) is 0 Å². The van der Waals surface area contributed by atoms with Crippen molar-refractivity contribution in [2.45, 2.75) is 72.3 Å². The molecule has 1 nitrogen and oxygen atoms in total. The van der Waals surface area contributed by atoms with E-state index in [1.54, 1.807) is 0 Å². The molecule has 0 radical (unpaired) electrons. The minimum absolute atomic E-state index is 0.167. The van der Waals surface area contributed by atoms with Gasteiger partial charge in [-0.15, -0.1) is 0 Å². The van der Waals surface area contributed by atoms with Gasteiger partial charge in [0.05, 0.1) is 6.10 Å². The van der Waals surface area contributed by atoms with Gasteiger partial charge in [0.15, 0.2) is 0 Å². The molecular weight excluding hydrogens is 232 g/mol. The Labute approximate surface area is 119 Å². The first-order chi connectivity index (χ1) is 8.83. The topological polar surface area (TPSA) is 20.2 Å². The molecule has 0 heterocycles. The van der Waals surface area contributed by atoms with Crippen LogP contribution >= 0.6 is 0 Å². The Kier molecular flexibility index (Phi) is 4.45. The summed E-state index contributed by atoms with van der Waals surface area (Å²) in [5.41, 5.74) is 1.97. The van der Waals surface area contributed by atoms with Gasteiger partial charge in [0.1, 0.15) is 0 Å². The smallest absolute Gasteiger partial charge is 0.0512 e. The quantitative estimate of drug-likeness (QED) is 0.726. The summed E-state index contributed by atoms with van der Waals surface area (Å²) in [7, 11) is 0. The minimum atomic E-state index is -0.167. The molecule has 0 amide bonds. The van der Waals surface area contributed by atoms with Gasteiger partial charge in [0.25, 0.3) is 0 Å². The van der Waals surface area contributed by atoms with Crippen molar-refractivity contribution in [3.05, 3.63) is 12.2 Å². The molecule has 0 aromatic carbocycles. The average molecular weight is 264 g/mol. The Morgan fingerprint density at radius 2 is 2.05 bits per heavy atom. The number of rotatable bonds is 3. The molecule has 110 valence electrons. The van der Waals surface area contributed by atoms with Crippen LogP contribution in [-0.4, -0.2) is 11.2 Å². The standard InChI is InChI=1S/C18H32O/c1-12-6-9-16-17(15(12)8-7-14(3)19)13(2)10-11-18(16,4)5/h13-17,19H,1,6-11H2,2-5H3/t13?,14?,15-,16?,17-/m1/s1. The maximum Gasteiger partial charge on any atom is 0.0512 e. The molecule has 2 saturated carbocycles. The second-order valence-corrected chi connectivity index (χ2v) is 7.92. The van der Waals surface area contributed by atoms with Gasteiger partial charge in [-0.25, -0.2) is 0 Å². The number of hydrogen-bond acceptors (Lipinski definition) is 1. The lowest BCUT2D eigenvalue weighted by Crippen LogP contribution is -2.45. The van der Waals surface area contributed by atoms with E-state index in [1.807, 2.05) is 6.92 Å². The first-order valence-electron chi connectivity index (χ1n) is 8.18. The second-order valence-electron chi connectivity index (χ2n) is 7.92. The van der Waals surface area contributed by atoms with Crippen LogP contribution in [0.4, 0.5) is 0 Å². The largest absolute Gasteiger partial charge is 0.393 e. The van der Waals surface area contributed by atoms with E-state index >= 15 is 0 Å². The normalized spacial score (nSPS) is 39.7. The zero-order valence-electron chi connectivity index (χ0n) is 13.3. The van der Waals surface area contributed by atoms with E-state index in [1.165, 1.54) is 31.3 Å². The highest BCUT2D eigenvalue weighted by atomic mass is 16.3. The van der Waals surface area contributed by atoms with Gasteiger partial charge in [0.2, 0.25) is 0 Å². The van der Waals surface area contributed by atoms with Gasteiger partial charge < -0.3 is 5.11 Å². The molecule has 0 aliphatic heterocycles. The summed E-state index contributed by atoms with van der Waals surface area (Å²) < 4.78 is 0. The van der Waals surface area contributed by atoms with Crippen LogP contribution < -0.4 is 0 Å². The highest BCUT2D eigenvalue weighted by molar-refractivity contribution is 5.12. The molecular formula is C18H32O. The Balaban J connectivity index is 2.17. The van der Waals surface area contributed by atoms with E-state index in [0.717, 1.165) is 30.6 Å². The molecule has 1 heteroatoms. The van der Waals surface area contributed by atoms with Crippen LogP contribution in [0.1, 0.15) is 66.2 Å². The molecule has 0 aromatic heterocycles. The third-order valence-electron chi connectivity index (χ3n) is 6.03. The van der Waals surface area contributed by atoms with Crippen LogP contribution in [-0.2, 0) is 0 Å². The van der Waals surface area contributed by atoms with Crippen molar-refractivity contribution in [3.63, 3.8) is 0 Å². The van der Waals surface area contributed by atoms with Crippen LogP contribution in [0.25, 0.3) is 0 Å². The van der Waals surface area contributed by atoms with Gasteiger partial charge >= 0.3 is 0 Å². The fourth-order valence-corrected chi connectivity index (χ4v) is 4.77. The number of allylic oxidation sites excluding steroid dienone is 1. The number of fused-ring (bicyclic) bond motifs is 1. The fraction of sp³-hybridized carbons (Fsp3) is 0.889. The van der Waals surface area contributed by atoms with Crippen molar-refractivity contribution < 1.29 is 5.11 Å². The van der Waals surface area contributed by atoms with Crippen molar-refractivity contribution in [3.8, 4) is 0 Å². The van der Waals surface area contributed by atoms with E-state index in [4.69, 9.17) is 0 Å². The average Bonchev–Trinajstić information content (AvgIpc) is 2.32. The van der Waals surface area contributed by atoms with Crippen molar-refractivity contribution >= 4 is 0 Å². The molecule has 0 bridgehead atoms. The Hall–Kier alpha value is -0.300. The van der Waals surface area contributed by atoms with Gasteiger partial charge in [-0.05, 0) is 74.5 Å². The zero-order chi connectivity index (χ0) is 14.2. The van der Waals surface area contributed by atoms with E-state index in [9.17, 15) is 5.11 Å². The summed E-state index contributed by atoms with van der Waals surface area (Å²) >= 11 is 0. The molecule has 2 fully saturated rings. The third-order valence-corrected chi connectivity index (χ3v) is 6.03. The summed E-state index contributed by atoms with van der Waals surface area (Å²) in [5, 5.41) is 9.60. The van der Waals surface area contributed by atoms with Crippen molar-refractivity contribution in [2.75, 3.05) is 0 Å². The van der Waals surface area contributed by atoms with Crippen LogP contribution in [0.2, 0.25) is 0 Å². The molecule has 2 aliphatic carbocycles. The van der Waals surface area contributed by atoms with Crippen molar-refractivity contribution in [2.24, 2.45) is 29.1 Å². The molecule has 2 rings (SSSR count).